The Morgan fingerprint density at radius 3 is 2.50 bits per heavy atom. The van der Waals surface area contributed by atoms with Crippen LogP contribution in [0.1, 0.15) is 11.1 Å². The molecular formula is C16H15FN2O. The van der Waals surface area contributed by atoms with Crippen molar-refractivity contribution in [3.8, 4) is 0 Å². The van der Waals surface area contributed by atoms with E-state index < -0.39 is 0 Å². The van der Waals surface area contributed by atoms with Gasteiger partial charge in [0.05, 0.1) is 0 Å². The van der Waals surface area contributed by atoms with Gasteiger partial charge < -0.3 is 10.6 Å². The molecule has 0 aliphatic heterocycles. The minimum absolute atomic E-state index is 0.150. The van der Waals surface area contributed by atoms with Gasteiger partial charge >= 0.3 is 6.03 Å². The molecule has 2 aromatic carbocycles. The van der Waals surface area contributed by atoms with E-state index in [0.717, 1.165) is 5.56 Å². The minimum atomic E-state index is -0.375. The molecule has 2 amide bonds. The zero-order valence-electron chi connectivity index (χ0n) is 10.8. The molecular weight excluding hydrogens is 255 g/mol. The number of carbonyl (C=O) groups excluding carboxylic acids is 1. The molecule has 0 fully saturated rings. The van der Waals surface area contributed by atoms with Gasteiger partial charge in [0.2, 0.25) is 0 Å². The van der Waals surface area contributed by atoms with Crippen LogP contribution < -0.4 is 10.6 Å². The third-order valence-electron chi connectivity index (χ3n) is 2.69. The van der Waals surface area contributed by atoms with E-state index in [1.54, 1.807) is 30.5 Å². The maximum atomic E-state index is 13.3. The minimum Gasteiger partial charge on any atom is -0.334 e. The van der Waals surface area contributed by atoms with Crippen LogP contribution in [0.25, 0.3) is 6.08 Å². The second-order valence-corrected chi connectivity index (χ2v) is 4.16. The molecule has 3 nitrogen and oxygen atoms in total. The quantitative estimate of drug-likeness (QED) is 0.879. The molecule has 2 aromatic rings. The predicted octanol–water partition coefficient (Wildman–Crippen LogP) is 3.30. The first-order chi connectivity index (χ1) is 9.75. The SMILES string of the molecule is O=C(N/C=C/c1ccccc1)NCc1ccccc1F. The molecule has 0 unspecified atom stereocenters. The number of amides is 2. The lowest BCUT2D eigenvalue weighted by atomic mass is 10.2. The molecule has 102 valence electrons. The van der Waals surface area contributed by atoms with Crippen molar-refractivity contribution in [2.75, 3.05) is 0 Å². The molecule has 4 heteroatoms. The van der Waals surface area contributed by atoms with Crippen molar-refractivity contribution in [3.05, 3.63) is 77.7 Å². The Bertz CT molecular complexity index is 596. The van der Waals surface area contributed by atoms with Crippen LogP contribution in [0.2, 0.25) is 0 Å². The molecule has 0 aliphatic rings. The van der Waals surface area contributed by atoms with Crippen LogP contribution in [0.15, 0.2) is 60.8 Å². The third kappa shape index (κ3) is 4.24. The fourth-order valence-corrected chi connectivity index (χ4v) is 1.65. The number of urea groups is 1. The summed E-state index contributed by atoms with van der Waals surface area (Å²) >= 11 is 0. The summed E-state index contributed by atoms with van der Waals surface area (Å²) in [6.07, 6.45) is 3.33. The largest absolute Gasteiger partial charge is 0.334 e. The summed E-state index contributed by atoms with van der Waals surface area (Å²) in [5.41, 5.74) is 1.44. The third-order valence-corrected chi connectivity index (χ3v) is 2.69. The van der Waals surface area contributed by atoms with Crippen molar-refractivity contribution in [3.63, 3.8) is 0 Å². The highest BCUT2D eigenvalue weighted by atomic mass is 19.1. The lowest BCUT2D eigenvalue weighted by molar-refractivity contribution is 0.243. The summed E-state index contributed by atoms with van der Waals surface area (Å²) < 4.78 is 13.3. The van der Waals surface area contributed by atoms with Gasteiger partial charge in [0.1, 0.15) is 5.82 Å². The van der Waals surface area contributed by atoms with E-state index in [1.807, 2.05) is 30.3 Å². The summed E-state index contributed by atoms with van der Waals surface area (Å²) in [5, 5.41) is 5.15. The average Bonchev–Trinajstić information content (AvgIpc) is 2.47. The molecule has 0 heterocycles. The lowest BCUT2D eigenvalue weighted by Crippen LogP contribution is -2.31. The number of halogens is 1. The highest BCUT2D eigenvalue weighted by molar-refractivity contribution is 5.75. The highest BCUT2D eigenvalue weighted by Gasteiger charge is 2.02. The van der Waals surface area contributed by atoms with Gasteiger partial charge in [0, 0.05) is 18.3 Å². The molecule has 0 spiro atoms. The van der Waals surface area contributed by atoms with Gasteiger partial charge in [-0.15, -0.1) is 0 Å². The Morgan fingerprint density at radius 1 is 1.05 bits per heavy atom. The van der Waals surface area contributed by atoms with Gasteiger partial charge in [-0.3, -0.25) is 0 Å². The summed E-state index contributed by atoms with van der Waals surface area (Å²) in [5.74, 6) is -0.326. The van der Waals surface area contributed by atoms with Gasteiger partial charge in [0.15, 0.2) is 0 Å². The molecule has 0 aromatic heterocycles. The summed E-state index contributed by atoms with van der Waals surface area (Å²) in [4.78, 5) is 11.5. The van der Waals surface area contributed by atoms with E-state index in [2.05, 4.69) is 10.6 Å². The summed E-state index contributed by atoms with van der Waals surface area (Å²) in [6, 6.07) is 15.6. The van der Waals surface area contributed by atoms with Crippen LogP contribution in [-0.4, -0.2) is 6.03 Å². The monoisotopic (exact) mass is 270 g/mol. The molecule has 0 saturated heterocycles. The van der Waals surface area contributed by atoms with Gasteiger partial charge in [-0.25, -0.2) is 9.18 Å². The Hall–Kier alpha value is -2.62. The molecule has 2 N–H and O–H groups in total. The van der Waals surface area contributed by atoms with Gasteiger partial charge in [-0.05, 0) is 17.7 Å². The van der Waals surface area contributed by atoms with E-state index in [0.29, 0.717) is 5.56 Å². The summed E-state index contributed by atoms with van der Waals surface area (Å²) in [6.45, 7) is 0.150. The fraction of sp³-hybridized carbons (Fsp3) is 0.0625. The second-order valence-electron chi connectivity index (χ2n) is 4.16. The molecule has 2 rings (SSSR count). The zero-order valence-corrected chi connectivity index (χ0v) is 10.8. The van der Waals surface area contributed by atoms with Crippen LogP contribution >= 0.6 is 0 Å². The maximum Gasteiger partial charge on any atom is 0.319 e. The number of benzene rings is 2. The van der Waals surface area contributed by atoms with Crippen molar-refractivity contribution in [2.24, 2.45) is 0 Å². The maximum absolute atomic E-state index is 13.3. The second kappa shape index (κ2) is 7.09. The number of carbonyl (C=O) groups is 1. The highest BCUT2D eigenvalue weighted by Crippen LogP contribution is 2.05. The van der Waals surface area contributed by atoms with E-state index >= 15 is 0 Å². The zero-order chi connectivity index (χ0) is 14.2. The first-order valence-corrected chi connectivity index (χ1v) is 6.25. The van der Waals surface area contributed by atoms with Crippen LogP contribution in [-0.2, 0) is 6.54 Å². The Labute approximate surface area is 117 Å². The van der Waals surface area contributed by atoms with Gasteiger partial charge in [-0.2, -0.15) is 0 Å². The van der Waals surface area contributed by atoms with Crippen LogP contribution in [0.5, 0.6) is 0 Å². The number of nitrogens with one attached hydrogen (secondary N) is 2. The smallest absolute Gasteiger partial charge is 0.319 e. The number of hydrogen-bond acceptors (Lipinski definition) is 1. The lowest BCUT2D eigenvalue weighted by Gasteiger charge is -2.05. The molecule has 0 aliphatic carbocycles. The molecule has 0 radical (unpaired) electrons. The Balaban J connectivity index is 1.79. The standard InChI is InChI=1S/C16H15FN2O/c17-15-9-5-4-8-14(15)12-19-16(20)18-11-10-13-6-2-1-3-7-13/h1-11H,12H2,(H2,18,19,20)/b11-10+. The molecule has 0 bridgehead atoms. The van der Waals surface area contributed by atoms with Crippen molar-refractivity contribution in [2.45, 2.75) is 6.54 Å². The average molecular weight is 270 g/mol. The normalized spacial score (nSPS) is 10.4. The summed E-state index contributed by atoms with van der Waals surface area (Å²) in [7, 11) is 0. The van der Waals surface area contributed by atoms with Crippen molar-refractivity contribution in [1.29, 1.82) is 0 Å². The van der Waals surface area contributed by atoms with Crippen molar-refractivity contribution < 1.29 is 9.18 Å². The molecule has 0 saturated carbocycles. The predicted molar refractivity (Wildman–Crippen MR) is 77.2 cm³/mol. The molecule has 20 heavy (non-hydrogen) atoms. The topological polar surface area (TPSA) is 41.1 Å². The van der Waals surface area contributed by atoms with E-state index in [1.165, 1.54) is 6.07 Å². The van der Waals surface area contributed by atoms with E-state index in [4.69, 9.17) is 0 Å². The van der Waals surface area contributed by atoms with E-state index in [-0.39, 0.29) is 18.4 Å². The van der Waals surface area contributed by atoms with Gasteiger partial charge in [-0.1, -0.05) is 48.5 Å². The Kier molecular flexibility index (Phi) is 4.89. The number of rotatable bonds is 4. The van der Waals surface area contributed by atoms with Crippen LogP contribution in [0.4, 0.5) is 9.18 Å². The molecule has 0 atom stereocenters. The van der Waals surface area contributed by atoms with E-state index in [9.17, 15) is 9.18 Å². The van der Waals surface area contributed by atoms with Crippen LogP contribution in [0.3, 0.4) is 0 Å². The first kappa shape index (κ1) is 13.8. The fourth-order valence-electron chi connectivity index (χ4n) is 1.65. The van der Waals surface area contributed by atoms with Crippen molar-refractivity contribution in [1.82, 2.24) is 10.6 Å². The van der Waals surface area contributed by atoms with Crippen LogP contribution in [0, 0.1) is 5.82 Å². The van der Waals surface area contributed by atoms with Gasteiger partial charge in [0.25, 0.3) is 0 Å². The number of hydrogen-bond donors (Lipinski definition) is 2. The first-order valence-electron chi connectivity index (χ1n) is 6.25. The Morgan fingerprint density at radius 2 is 1.75 bits per heavy atom. The van der Waals surface area contributed by atoms with Crippen molar-refractivity contribution >= 4 is 12.1 Å².